The van der Waals surface area contributed by atoms with E-state index >= 15 is 0 Å². The number of piperidine rings is 1. The van der Waals surface area contributed by atoms with Gasteiger partial charge in [0.25, 0.3) is 0 Å². The molecule has 0 radical (unpaired) electrons. The molecule has 3 heteroatoms. The molecule has 0 aliphatic carbocycles. The molecule has 0 saturated carbocycles. The summed E-state index contributed by atoms with van der Waals surface area (Å²) in [7, 11) is 0. The van der Waals surface area contributed by atoms with E-state index in [4.69, 9.17) is 5.73 Å². The van der Waals surface area contributed by atoms with Crippen molar-refractivity contribution >= 4 is 5.91 Å². The lowest BCUT2D eigenvalue weighted by molar-refractivity contribution is -0.130. The number of carbonyl (C=O) groups is 1. The number of hydrogen-bond acceptors (Lipinski definition) is 2. The number of likely N-dealkylation sites (tertiary alicyclic amines) is 1. The van der Waals surface area contributed by atoms with Crippen LogP contribution in [0.5, 0.6) is 0 Å². The van der Waals surface area contributed by atoms with E-state index < -0.39 is 0 Å². The third-order valence-corrected chi connectivity index (χ3v) is 3.79. The minimum absolute atomic E-state index is 0.0958. The van der Waals surface area contributed by atoms with Crippen LogP contribution in [0.25, 0.3) is 0 Å². The van der Waals surface area contributed by atoms with Gasteiger partial charge in [-0.25, -0.2) is 0 Å². The van der Waals surface area contributed by atoms with Crippen molar-refractivity contribution in [2.45, 2.75) is 38.6 Å². The molecule has 2 N–H and O–H groups in total. The van der Waals surface area contributed by atoms with Crippen LogP contribution in [-0.4, -0.2) is 29.9 Å². The zero-order valence-corrected chi connectivity index (χ0v) is 11.2. The van der Waals surface area contributed by atoms with Crippen molar-refractivity contribution in [1.82, 2.24) is 4.90 Å². The molecule has 98 valence electrons. The topological polar surface area (TPSA) is 46.3 Å². The Balaban J connectivity index is 2.13. The zero-order chi connectivity index (χ0) is 13.1. The van der Waals surface area contributed by atoms with E-state index in [1.807, 2.05) is 4.90 Å². The monoisotopic (exact) mass is 246 g/mol. The standard InChI is InChI=1S/C15H22N2O/c1-3-12-4-6-13(7-5-12)14-8-15(16)10-17(9-14)11(2)18/h4-7,14-15H,3,8-10,16H2,1-2H3. The van der Waals surface area contributed by atoms with Crippen LogP contribution in [0.15, 0.2) is 24.3 Å². The number of hydrogen-bond donors (Lipinski definition) is 1. The highest BCUT2D eigenvalue weighted by molar-refractivity contribution is 5.73. The van der Waals surface area contributed by atoms with Crippen molar-refractivity contribution in [2.75, 3.05) is 13.1 Å². The van der Waals surface area contributed by atoms with E-state index in [-0.39, 0.29) is 11.9 Å². The highest BCUT2D eigenvalue weighted by atomic mass is 16.2. The van der Waals surface area contributed by atoms with Gasteiger partial charge in [-0.1, -0.05) is 31.2 Å². The molecule has 0 bridgehead atoms. The van der Waals surface area contributed by atoms with E-state index in [9.17, 15) is 4.79 Å². The molecule has 1 aromatic carbocycles. The summed E-state index contributed by atoms with van der Waals surface area (Å²) >= 11 is 0. The highest BCUT2D eigenvalue weighted by Crippen LogP contribution is 2.26. The van der Waals surface area contributed by atoms with Gasteiger partial charge in [0.15, 0.2) is 0 Å². The van der Waals surface area contributed by atoms with Crippen LogP contribution in [0.1, 0.15) is 37.3 Å². The van der Waals surface area contributed by atoms with Gasteiger partial charge in [-0.15, -0.1) is 0 Å². The van der Waals surface area contributed by atoms with Crippen molar-refractivity contribution < 1.29 is 4.79 Å². The summed E-state index contributed by atoms with van der Waals surface area (Å²) in [4.78, 5) is 13.4. The van der Waals surface area contributed by atoms with Crippen molar-refractivity contribution in [3.05, 3.63) is 35.4 Å². The molecule has 2 atom stereocenters. The van der Waals surface area contributed by atoms with Crippen LogP contribution in [0.2, 0.25) is 0 Å². The molecule has 1 amide bonds. The fraction of sp³-hybridized carbons (Fsp3) is 0.533. The Bertz CT molecular complexity index is 413. The Morgan fingerprint density at radius 3 is 2.56 bits per heavy atom. The first-order chi connectivity index (χ1) is 8.60. The molecule has 2 rings (SSSR count). The molecule has 1 fully saturated rings. The van der Waals surface area contributed by atoms with E-state index in [0.29, 0.717) is 12.5 Å². The van der Waals surface area contributed by atoms with Crippen LogP contribution in [0.3, 0.4) is 0 Å². The van der Waals surface area contributed by atoms with Crippen LogP contribution in [-0.2, 0) is 11.2 Å². The Kier molecular flexibility index (Phi) is 4.02. The molecule has 1 aromatic rings. The smallest absolute Gasteiger partial charge is 0.219 e. The maximum Gasteiger partial charge on any atom is 0.219 e. The second kappa shape index (κ2) is 5.53. The number of nitrogens with zero attached hydrogens (tertiary/aromatic N) is 1. The molecule has 0 aromatic heterocycles. The van der Waals surface area contributed by atoms with Crippen LogP contribution in [0, 0.1) is 0 Å². The summed E-state index contributed by atoms with van der Waals surface area (Å²) in [6.07, 6.45) is 2.03. The van der Waals surface area contributed by atoms with Crippen LogP contribution >= 0.6 is 0 Å². The van der Waals surface area contributed by atoms with Gasteiger partial charge in [-0.2, -0.15) is 0 Å². The fourth-order valence-electron chi connectivity index (χ4n) is 2.66. The van der Waals surface area contributed by atoms with Crippen LogP contribution in [0.4, 0.5) is 0 Å². The number of nitrogens with two attached hydrogens (primary N) is 1. The average molecular weight is 246 g/mol. The van der Waals surface area contributed by atoms with E-state index in [2.05, 4.69) is 31.2 Å². The van der Waals surface area contributed by atoms with E-state index in [1.54, 1.807) is 6.92 Å². The van der Waals surface area contributed by atoms with Crippen molar-refractivity contribution in [1.29, 1.82) is 0 Å². The first kappa shape index (κ1) is 13.1. The normalized spacial score (nSPS) is 24.1. The maximum absolute atomic E-state index is 11.5. The summed E-state index contributed by atoms with van der Waals surface area (Å²) < 4.78 is 0. The molecular weight excluding hydrogens is 224 g/mol. The molecule has 18 heavy (non-hydrogen) atoms. The Hall–Kier alpha value is -1.35. The lowest BCUT2D eigenvalue weighted by atomic mass is 9.88. The fourth-order valence-corrected chi connectivity index (χ4v) is 2.66. The quantitative estimate of drug-likeness (QED) is 0.866. The van der Waals surface area contributed by atoms with E-state index in [1.165, 1.54) is 11.1 Å². The van der Waals surface area contributed by atoms with Gasteiger partial charge in [-0.05, 0) is 24.0 Å². The first-order valence-electron chi connectivity index (χ1n) is 6.70. The zero-order valence-electron chi connectivity index (χ0n) is 11.2. The second-order valence-corrected chi connectivity index (χ2v) is 5.21. The van der Waals surface area contributed by atoms with Gasteiger partial charge in [-0.3, -0.25) is 4.79 Å². The first-order valence-corrected chi connectivity index (χ1v) is 6.70. The summed E-state index contributed by atoms with van der Waals surface area (Å²) in [5.41, 5.74) is 8.70. The summed E-state index contributed by atoms with van der Waals surface area (Å²) in [5, 5.41) is 0. The van der Waals surface area contributed by atoms with Crippen molar-refractivity contribution in [2.24, 2.45) is 5.73 Å². The predicted molar refractivity (Wildman–Crippen MR) is 73.4 cm³/mol. The van der Waals surface area contributed by atoms with Crippen molar-refractivity contribution in [3.63, 3.8) is 0 Å². The molecule has 2 unspecified atom stereocenters. The highest BCUT2D eigenvalue weighted by Gasteiger charge is 2.27. The number of benzene rings is 1. The molecule has 1 aliphatic heterocycles. The Morgan fingerprint density at radius 1 is 1.33 bits per heavy atom. The molecule has 1 aliphatic rings. The minimum atomic E-state index is 0.0958. The molecule has 0 spiro atoms. The number of rotatable bonds is 2. The van der Waals surface area contributed by atoms with Gasteiger partial charge < -0.3 is 10.6 Å². The number of aryl methyl sites for hydroxylation is 1. The lowest BCUT2D eigenvalue weighted by Crippen LogP contribution is -2.47. The van der Waals surface area contributed by atoms with Gasteiger partial charge >= 0.3 is 0 Å². The Morgan fingerprint density at radius 2 is 2.00 bits per heavy atom. The lowest BCUT2D eigenvalue weighted by Gasteiger charge is -2.36. The summed E-state index contributed by atoms with van der Waals surface area (Å²) in [5.74, 6) is 0.504. The van der Waals surface area contributed by atoms with Gasteiger partial charge in [0.05, 0.1) is 0 Å². The maximum atomic E-state index is 11.5. The van der Waals surface area contributed by atoms with Gasteiger partial charge in [0, 0.05) is 32.0 Å². The largest absolute Gasteiger partial charge is 0.341 e. The summed E-state index contributed by atoms with van der Waals surface area (Å²) in [6.45, 7) is 5.27. The molecule has 3 nitrogen and oxygen atoms in total. The SMILES string of the molecule is CCc1ccc(C2CC(N)CN(C(C)=O)C2)cc1. The molecule has 1 saturated heterocycles. The van der Waals surface area contributed by atoms with Crippen LogP contribution < -0.4 is 5.73 Å². The van der Waals surface area contributed by atoms with Crippen molar-refractivity contribution in [3.8, 4) is 0 Å². The molecular formula is C15H22N2O. The average Bonchev–Trinajstić information content (AvgIpc) is 2.38. The molecule has 1 heterocycles. The van der Waals surface area contributed by atoms with Gasteiger partial charge in [0.2, 0.25) is 5.91 Å². The minimum Gasteiger partial charge on any atom is -0.341 e. The number of carbonyl (C=O) groups excluding carboxylic acids is 1. The predicted octanol–water partition coefficient (Wildman–Crippen LogP) is 1.91. The van der Waals surface area contributed by atoms with E-state index in [0.717, 1.165) is 19.4 Å². The third kappa shape index (κ3) is 2.91. The third-order valence-electron chi connectivity index (χ3n) is 3.79. The summed E-state index contributed by atoms with van der Waals surface area (Å²) in [6, 6.07) is 8.81. The Labute approximate surface area is 109 Å². The second-order valence-electron chi connectivity index (χ2n) is 5.21. The number of amides is 1. The van der Waals surface area contributed by atoms with Gasteiger partial charge in [0.1, 0.15) is 0 Å².